The average molecular weight is 401 g/mol. The molecule has 1 unspecified atom stereocenters. The quantitative estimate of drug-likeness (QED) is 0.365. The van der Waals surface area contributed by atoms with Crippen molar-refractivity contribution in [3.8, 4) is 5.75 Å². The first-order valence-electron chi connectivity index (χ1n) is 9.36. The topological polar surface area (TPSA) is 96.7 Å². The fourth-order valence-electron chi connectivity index (χ4n) is 3.56. The van der Waals surface area contributed by atoms with Crippen LogP contribution in [0.3, 0.4) is 0 Å². The molecule has 7 nitrogen and oxygen atoms in total. The number of hydrogen-bond donors (Lipinski definition) is 0. The van der Waals surface area contributed by atoms with Crippen molar-refractivity contribution in [2.45, 2.75) is 12.6 Å². The lowest BCUT2D eigenvalue weighted by atomic mass is 9.96. The Morgan fingerprint density at radius 2 is 2.07 bits per heavy atom. The SMILES string of the molecule is COc1cccc(/C([O-])=C2\C(=O)C(=O)N(Cc3ccc[nH+]c3)C2c2cccnc2)c1. The number of ketones is 1. The van der Waals surface area contributed by atoms with Crippen LogP contribution in [0.4, 0.5) is 0 Å². The Balaban J connectivity index is 1.85. The Morgan fingerprint density at radius 3 is 2.77 bits per heavy atom. The molecule has 3 aromatic rings. The van der Waals surface area contributed by atoms with Crippen molar-refractivity contribution in [2.24, 2.45) is 0 Å². The molecular weight excluding hydrogens is 382 g/mol. The molecule has 0 bridgehead atoms. The van der Waals surface area contributed by atoms with Gasteiger partial charge in [0, 0.05) is 29.6 Å². The number of benzene rings is 1. The number of nitrogens with zero attached hydrogens (tertiary/aromatic N) is 2. The van der Waals surface area contributed by atoms with E-state index in [2.05, 4.69) is 9.97 Å². The molecule has 0 radical (unpaired) electrons. The fourth-order valence-corrected chi connectivity index (χ4v) is 3.56. The number of nitrogens with one attached hydrogen (secondary N) is 1. The lowest BCUT2D eigenvalue weighted by Gasteiger charge is -2.27. The molecular formula is C23H19N3O4. The first kappa shape index (κ1) is 19.3. The Morgan fingerprint density at radius 1 is 1.20 bits per heavy atom. The van der Waals surface area contributed by atoms with E-state index in [1.807, 2.05) is 12.1 Å². The van der Waals surface area contributed by atoms with Crippen LogP contribution < -0.4 is 14.8 Å². The van der Waals surface area contributed by atoms with Gasteiger partial charge in [0.1, 0.15) is 5.75 Å². The number of amides is 1. The van der Waals surface area contributed by atoms with E-state index in [9.17, 15) is 14.7 Å². The predicted molar refractivity (Wildman–Crippen MR) is 105 cm³/mol. The lowest BCUT2D eigenvalue weighted by molar-refractivity contribution is -0.378. The highest BCUT2D eigenvalue weighted by molar-refractivity contribution is 6.46. The van der Waals surface area contributed by atoms with Crippen molar-refractivity contribution in [3.05, 3.63) is 95.6 Å². The van der Waals surface area contributed by atoms with Crippen molar-refractivity contribution in [1.29, 1.82) is 0 Å². The van der Waals surface area contributed by atoms with Gasteiger partial charge in [-0.15, -0.1) is 0 Å². The van der Waals surface area contributed by atoms with E-state index >= 15 is 0 Å². The molecule has 0 spiro atoms. The summed E-state index contributed by atoms with van der Waals surface area (Å²) < 4.78 is 5.19. The normalized spacial score (nSPS) is 17.9. The van der Waals surface area contributed by atoms with E-state index in [4.69, 9.17) is 4.74 Å². The first-order chi connectivity index (χ1) is 14.6. The van der Waals surface area contributed by atoms with Crippen molar-refractivity contribution in [3.63, 3.8) is 0 Å². The number of ether oxygens (including phenoxy) is 1. The molecule has 1 aromatic carbocycles. The van der Waals surface area contributed by atoms with E-state index in [1.54, 1.807) is 61.2 Å². The Kier molecular flexibility index (Phi) is 5.26. The Bertz CT molecular complexity index is 1110. The van der Waals surface area contributed by atoms with Crippen molar-refractivity contribution >= 4 is 17.4 Å². The predicted octanol–water partition coefficient (Wildman–Crippen LogP) is 1.33. The highest BCUT2D eigenvalue weighted by Gasteiger charge is 2.44. The van der Waals surface area contributed by atoms with Gasteiger partial charge in [0.2, 0.25) is 5.78 Å². The third-order valence-corrected chi connectivity index (χ3v) is 4.99. The summed E-state index contributed by atoms with van der Waals surface area (Å²) in [5.41, 5.74) is 1.61. The second-order valence-corrected chi connectivity index (χ2v) is 6.84. The van der Waals surface area contributed by atoms with Crippen molar-refractivity contribution in [1.82, 2.24) is 9.88 Å². The summed E-state index contributed by atoms with van der Waals surface area (Å²) >= 11 is 0. The summed E-state index contributed by atoms with van der Waals surface area (Å²) in [5.74, 6) is -1.51. The minimum Gasteiger partial charge on any atom is -0.872 e. The second-order valence-electron chi connectivity index (χ2n) is 6.84. The molecule has 1 amide bonds. The van der Waals surface area contributed by atoms with Gasteiger partial charge in [0.05, 0.1) is 19.7 Å². The minimum absolute atomic E-state index is 0.0823. The highest BCUT2D eigenvalue weighted by atomic mass is 16.5. The Labute approximate surface area is 173 Å². The Hall–Kier alpha value is -4.00. The van der Waals surface area contributed by atoms with Crippen LogP contribution >= 0.6 is 0 Å². The van der Waals surface area contributed by atoms with Crippen LogP contribution in [0.1, 0.15) is 22.7 Å². The smallest absolute Gasteiger partial charge is 0.295 e. The van der Waals surface area contributed by atoms with Gasteiger partial charge in [0.25, 0.3) is 5.91 Å². The number of rotatable bonds is 5. The monoisotopic (exact) mass is 401 g/mol. The fraction of sp³-hybridized carbons (Fsp3) is 0.130. The van der Waals surface area contributed by atoms with Crippen molar-refractivity contribution in [2.75, 3.05) is 7.11 Å². The van der Waals surface area contributed by atoms with Crippen LogP contribution in [-0.2, 0) is 16.1 Å². The molecule has 1 fully saturated rings. The maximum absolute atomic E-state index is 13.3. The zero-order valence-corrected chi connectivity index (χ0v) is 16.2. The van der Waals surface area contributed by atoms with E-state index in [0.29, 0.717) is 11.3 Å². The van der Waals surface area contributed by atoms with Crippen LogP contribution in [0.5, 0.6) is 5.75 Å². The van der Waals surface area contributed by atoms with Crippen LogP contribution in [0.15, 0.2) is 78.9 Å². The molecule has 30 heavy (non-hydrogen) atoms. The summed E-state index contributed by atoms with van der Waals surface area (Å²) in [7, 11) is 1.50. The number of aromatic nitrogens is 2. The van der Waals surface area contributed by atoms with Crippen LogP contribution in [0, 0.1) is 0 Å². The summed E-state index contributed by atoms with van der Waals surface area (Å²) in [6, 6.07) is 12.8. The zero-order chi connectivity index (χ0) is 21.1. The standard InChI is InChI=1S/C23H19N3O4/c1-30-18-8-2-6-16(11-18)21(27)19-20(17-7-4-10-25-13-17)26(23(29)22(19)28)14-15-5-3-9-24-12-15/h2-13,20,27H,14H2,1H3/b21-19+. The number of Topliss-reactive ketones (excluding diaryl/α,β-unsaturated/α-hetero) is 1. The average Bonchev–Trinajstić information content (AvgIpc) is 3.05. The molecule has 1 saturated heterocycles. The number of carbonyl (C=O) groups is 2. The van der Waals surface area contributed by atoms with Gasteiger partial charge < -0.3 is 14.7 Å². The van der Waals surface area contributed by atoms with Crippen LogP contribution in [0.25, 0.3) is 5.76 Å². The van der Waals surface area contributed by atoms with Gasteiger partial charge in [0.15, 0.2) is 12.4 Å². The number of carbonyl (C=O) groups excluding carboxylic acids is 2. The molecule has 1 aliphatic heterocycles. The molecule has 2 aromatic heterocycles. The summed E-state index contributed by atoms with van der Waals surface area (Å²) in [5, 5.41) is 13.3. The van der Waals surface area contributed by atoms with Gasteiger partial charge in [-0.2, -0.15) is 0 Å². The van der Waals surface area contributed by atoms with Gasteiger partial charge >= 0.3 is 0 Å². The third-order valence-electron chi connectivity index (χ3n) is 4.99. The lowest BCUT2D eigenvalue weighted by Crippen LogP contribution is -2.29. The summed E-state index contributed by atoms with van der Waals surface area (Å²) in [6.45, 7) is 0.177. The highest BCUT2D eigenvalue weighted by Crippen LogP contribution is 2.39. The van der Waals surface area contributed by atoms with Crippen molar-refractivity contribution < 1.29 is 24.4 Å². The van der Waals surface area contributed by atoms with Gasteiger partial charge in [-0.05, 0) is 35.4 Å². The molecule has 0 saturated carbocycles. The van der Waals surface area contributed by atoms with Gasteiger partial charge in [-0.25, -0.2) is 4.98 Å². The molecule has 1 N–H and O–H groups in total. The van der Waals surface area contributed by atoms with Crippen LogP contribution in [-0.4, -0.2) is 28.7 Å². The molecule has 0 aliphatic carbocycles. The van der Waals surface area contributed by atoms with E-state index < -0.39 is 23.5 Å². The maximum atomic E-state index is 13.3. The number of hydrogen-bond acceptors (Lipinski definition) is 5. The van der Waals surface area contributed by atoms with Gasteiger partial charge in [-0.3, -0.25) is 14.6 Å². The maximum Gasteiger partial charge on any atom is 0.295 e. The summed E-state index contributed by atoms with van der Waals surface area (Å²) in [4.78, 5) is 34.4. The van der Waals surface area contributed by atoms with E-state index in [1.165, 1.54) is 12.0 Å². The van der Waals surface area contributed by atoms with Crippen LogP contribution in [0.2, 0.25) is 0 Å². The first-order valence-corrected chi connectivity index (χ1v) is 9.36. The summed E-state index contributed by atoms with van der Waals surface area (Å²) in [6.07, 6.45) is 6.67. The second kappa shape index (κ2) is 8.16. The van der Waals surface area contributed by atoms with E-state index in [-0.39, 0.29) is 17.7 Å². The molecule has 1 atom stereocenters. The number of methoxy groups -OCH3 is 1. The zero-order valence-electron chi connectivity index (χ0n) is 16.2. The number of aromatic amines is 1. The number of likely N-dealkylation sites (tertiary alicyclic amines) is 1. The number of H-pyrrole nitrogens is 1. The van der Waals surface area contributed by atoms with Gasteiger partial charge in [-0.1, -0.05) is 24.0 Å². The number of pyridine rings is 2. The molecule has 1 aliphatic rings. The molecule has 7 heteroatoms. The molecule has 150 valence electrons. The molecule has 4 rings (SSSR count). The minimum atomic E-state index is -0.822. The molecule has 3 heterocycles. The largest absolute Gasteiger partial charge is 0.872 e. The van der Waals surface area contributed by atoms with E-state index in [0.717, 1.165) is 5.56 Å². The third kappa shape index (κ3) is 3.53.